The molecule has 2 heterocycles. The average molecular weight is 226 g/mol. The number of cyclic esters (lactones) is 1. The molecule has 2 aliphatic heterocycles. The monoisotopic (exact) mass is 226 g/mol. The largest absolute Gasteiger partial charge is 0.448 e. The lowest BCUT2D eigenvalue weighted by molar-refractivity contribution is 0.100. The number of carbonyl (C=O) groups excluding carboxylic acids is 1. The molecule has 1 amide bonds. The second-order valence-electron chi connectivity index (χ2n) is 4.83. The molecule has 0 saturated carbocycles. The molecule has 2 rings (SSSR count). The number of nitrogens with zero attached hydrogens (tertiary/aromatic N) is 2. The van der Waals surface area contributed by atoms with E-state index in [4.69, 9.17) is 4.74 Å². The number of amides is 1. The minimum atomic E-state index is -0.109. The van der Waals surface area contributed by atoms with Crippen LogP contribution in [0.5, 0.6) is 0 Å². The van der Waals surface area contributed by atoms with Gasteiger partial charge in [-0.25, -0.2) is 4.79 Å². The van der Waals surface area contributed by atoms with Crippen molar-refractivity contribution in [3.05, 3.63) is 0 Å². The van der Waals surface area contributed by atoms with Gasteiger partial charge in [0.1, 0.15) is 6.61 Å². The van der Waals surface area contributed by atoms with E-state index in [2.05, 4.69) is 18.7 Å². The Labute approximate surface area is 97.5 Å². The van der Waals surface area contributed by atoms with Crippen molar-refractivity contribution < 1.29 is 9.53 Å². The molecule has 0 aliphatic carbocycles. The maximum Gasteiger partial charge on any atom is 0.410 e. The summed E-state index contributed by atoms with van der Waals surface area (Å²) in [5.74, 6) is 0. The number of hydrogen-bond acceptors (Lipinski definition) is 3. The normalized spacial score (nSPS) is 25.9. The van der Waals surface area contributed by atoms with Crippen molar-refractivity contribution in [2.75, 3.05) is 26.2 Å². The second-order valence-corrected chi connectivity index (χ2v) is 4.83. The summed E-state index contributed by atoms with van der Waals surface area (Å²) in [6.45, 7) is 8.10. The lowest BCUT2D eigenvalue weighted by atomic mass is 10.0. The van der Waals surface area contributed by atoms with Crippen LogP contribution in [0.2, 0.25) is 0 Å². The molecule has 1 atom stereocenters. The van der Waals surface area contributed by atoms with Crippen molar-refractivity contribution >= 4 is 6.09 Å². The Morgan fingerprint density at radius 1 is 1.38 bits per heavy atom. The minimum Gasteiger partial charge on any atom is -0.448 e. The number of ether oxygens (including phenoxy) is 1. The third-order valence-corrected chi connectivity index (χ3v) is 3.95. The minimum absolute atomic E-state index is 0.109. The zero-order valence-corrected chi connectivity index (χ0v) is 10.3. The Morgan fingerprint density at radius 3 is 2.56 bits per heavy atom. The van der Waals surface area contributed by atoms with Crippen LogP contribution in [0.4, 0.5) is 4.79 Å². The molecular formula is C12H22N2O2. The highest BCUT2D eigenvalue weighted by Crippen LogP contribution is 2.21. The maximum absolute atomic E-state index is 11.4. The van der Waals surface area contributed by atoms with E-state index in [9.17, 15) is 4.79 Å². The van der Waals surface area contributed by atoms with Crippen LogP contribution in [0.15, 0.2) is 0 Å². The first-order valence-electron chi connectivity index (χ1n) is 6.39. The van der Waals surface area contributed by atoms with Gasteiger partial charge in [0, 0.05) is 25.2 Å². The van der Waals surface area contributed by atoms with Crippen molar-refractivity contribution in [3.63, 3.8) is 0 Å². The van der Waals surface area contributed by atoms with Gasteiger partial charge >= 0.3 is 6.09 Å². The van der Waals surface area contributed by atoms with Crippen LogP contribution in [0.1, 0.15) is 33.1 Å². The van der Waals surface area contributed by atoms with E-state index in [0.717, 1.165) is 32.5 Å². The van der Waals surface area contributed by atoms with Gasteiger partial charge in [-0.3, -0.25) is 0 Å². The van der Waals surface area contributed by atoms with Gasteiger partial charge in [-0.05, 0) is 26.2 Å². The van der Waals surface area contributed by atoms with Crippen LogP contribution in [0, 0.1) is 0 Å². The Balaban J connectivity index is 1.83. The third kappa shape index (κ3) is 2.32. The fourth-order valence-electron chi connectivity index (χ4n) is 2.63. The fourth-order valence-corrected chi connectivity index (χ4v) is 2.63. The standard InChI is InChI=1S/C12H22N2O2/c1-3-10(2)13-6-4-11(5-7-13)14-8-9-16-12(14)15/h10-11H,3-9H2,1-2H3. The molecule has 0 aromatic carbocycles. The zero-order chi connectivity index (χ0) is 11.5. The summed E-state index contributed by atoms with van der Waals surface area (Å²) in [6.07, 6.45) is 3.29. The summed E-state index contributed by atoms with van der Waals surface area (Å²) in [5, 5.41) is 0. The lowest BCUT2D eigenvalue weighted by Gasteiger charge is -2.38. The molecule has 0 radical (unpaired) electrons. The number of rotatable bonds is 3. The lowest BCUT2D eigenvalue weighted by Crippen LogP contribution is -2.47. The molecule has 2 fully saturated rings. The predicted octanol–water partition coefficient (Wildman–Crippen LogP) is 1.70. The van der Waals surface area contributed by atoms with Crippen molar-refractivity contribution in [1.82, 2.24) is 9.80 Å². The Kier molecular flexibility index (Phi) is 3.69. The van der Waals surface area contributed by atoms with Crippen LogP contribution in [-0.2, 0) is 4.74 Å². The van der Waals surface area contributed by atoms with Gasteiger partial charge in [0.05, 0.1) is 6.54 Å². The van der Waals surface area contributed by atoms with Crippen LogP contribution < -0.4 is 0 Å². The van der Waals surface area contributed by atoms with E-state index >= 15 is 0 Å². The number of piperidine rings is 1. The summed E-state index contributed by atoms with van der Waals surface area (Å²) in [7, 11) is 0. The highest BCUT2D eigenvalue weighted by molar-refractivity contribution is 5.69. The van der Waals surface area contributed by atoms with Gasteiger partial charge in [-0.15, -0.1) is 0 Å². The molecule has 92 valence electrons. The van der Waals surface area contributed by atoms with E-state index in [1.807, 2.05) is 4.90 Å². The molecule has 0 bridgehead atoms. The van der Waals surface area contributed by atoms with Crippen LogP contribution in [0.25, 0.3) is 0 Å². The van der Waals surface area contributed by atoms with E-state index in [1.54, 1.807) is 0 Å². The first kappa shape index (κ1) is 11.7. The smallest absolute Gasteiger partial charge is 0.410 e. The van der Waals surface area contributed by atoms with Crippen molar-refractivity contribution in [2.24, 2.45) is 0 Å². The second kappa shape index (κ2) is 5.04. The Bertz CT molecular complexity index is 249. The first-order chi connectivity index (χ1) is 7.72. The van der Waals surface area contributed by atoms with E-state index < -0.39 is 0 Å². The summed E-state index contributed by atoms with van der Waals surface area (Å²) < 4.78 is 4.99. The summed E-state index contributed by atoms with van der Waals surface area (Å²) in [6, 6.07) is 1.08. The maximum atomic E-state index is 11.4. The third-order valence-electron chi connectivity index (χ3n) is 3.95. The first-order valence-corrected chi connectivity index (χ1v) is 6.39. The predicted molar refractivity (Wildman–Crippen MR) is 62.4 cm³/mol. The molecule has 0 aromatic rings. The molecular weight excluding hydrogens is 204 g/mol. The summed E-state index contributed by atoms with van der Waals surface area (Å²) >= 11 is 0. The van der Waals surface area contributed by atoms with Crippen molar-refractivity contribution in [1.29, 1.82) is 0 Å². The molecule has 0 spiro atoms. The van der Waals surface area contributed by atoms with Gasteiger partial charge in [0.25, 0.3) is 0 Å². The van der Waals surface area contributed by atoms with Gasteiger partial charge < -0.3 is 14.5 Å². The SMILES string of the molecule is CCC(C)N1CCC(N2CCOC2=O)CC1. The number of likely N-dealkylation sites (tertiary alicyclic amines) is 1. The van der Waals surface area contributed by atoms with Gasteiger partial charge in [0.2, 0.25) is 0 Å². The highest BCUT2D eigenvalue weighted by atomic mass is 16.6. The Hall–Kier alpha value is -0.770. The van der Waals surface area contributed by atoms with Gasteiger partial charge in [-0.2, -0.15) is 0 Å². The van der Waals surface area contributed by atoms with E-state index in [1.165, 1.54) is 6.42 Å². The van der Waals surface area contributed by atoms with E-state index in [0.29, 0.717) is 18.7 Å². The van der Waals surface area contributed by atoms with Crippen LogP contribution in [0.3, 0.4) is 0 Å². The number of carbonyl (C=O) groups is 1. The molecule has 2 aliphatic rings. The van der Waals surface area contributed by atoms with Gasteiger partial charge in [-0.1, -0.05) is 6.92 Å². The number of hydrogen-bond donors (Lipinski definition) is 0. The summed E-state index contributed by atoms with van der Waals surface area (Å²) in [4.78, 5) is 15.9. The molecule has 4 heteroatoms. The topological polar surface area (TPSA) is 32.8 Å². The fraction of sp³-hybridized carbons (Fsp3) is 0.917. The van der Waals surface area contributed by atoms with Gasteiger partial charge in [0.15, 0.2) is 0 Å². The highest BCUT2D eigenvalue weighted by Gasteiger charge is 2.32. The van der Waals surface area contributed by atoms with Crippen LogP contribution >= 0.6 is 0 Å². The molecule has 0 aromatic heterocycles. The Morgan fingerprint density at radius 2 is 2.06 bits per heavy atom. The van der Waals surface area contributed by atoms with Crippen molar-refractivity contribution in [3.8, 4) is 0 Å². The quantitative estimate of drug-likeness (QED) is 0.734. The van der Waals surface area contributed by atoms with Crippen LogP contribution in [-0.4, -0.2) is 54.2 Å². The van der Waals surface area contributed by atoms with Crippen molar-refractivity contribution in [2.45, 2.75) is 45.2 Å². The molecule has 16 heavy (non-hydrogen) atoms. The zero-order valence-electron chi connectivity index (χ0n) is 10.3. The molecule has 4 nitrogen and oxygen atoms in total. The molecule has 2 saturated heterocycles. The average Bonchev–Trinajstić information content (AvgIpc) is 2.75. The molecule has 0 N–H and O–H groups in total. The van der Waals surface area contributed by atoms with E-state index in [-0.39, 0.29) is 6.09 Å². The summed E-state index contributed by atoms with van der Waals surface area (Å²) in [5.41, 5.74) is 0. The molecule has 1 unspecified atom stereocenters.